The third kappa shape index (κ3) is 6.64. The lowest BCUT2D eigenvalue weighted by Crippen LogP contribution is -2.41. The fourth-order valence-corrected chi connectivity index (χ4v) is 6.27. The van der Waals surface area contributed by atoms with E-state index in [-0.39, 0.29) is 6.10 Å². The van der Waals surface area contributed by atoms with Gasteiger partial charge in [0.1, 0.15) is 11.9 Å². The molecule has 0 bridgehead atoms. The van der Waals surface area contributed by atoms with Crippen LogP contribution >= 0.6 is 0 Å². The zero-order valence-corrected chi connectivity index (χ0v) is 22.9. The van der Waals surface area contributed by atoms with Crippen LogP contribution in [0.1, 0.15) is 82.3 Å². The molecule has 200 valence electrons. The van der Waals surface area contributed by atoms with Crippen molar-refractivity contribution in [2.24, 2.45) is 10.5 Å². The SMILES string of the molecule is CCC/C=N/Nc1cc(OC2CCCCC2)nc(N2CCC3(CCN(Cc4ccccc4)CC3)C2)c1C. The largest absolute Gasteiger partial charge is 0.474 e. The Hall–Kier alpha value is -2.60. The number of nitrogens with one attached hydrogen (secondary N) is 1. The minimum atomic E-state index is 0.284. The van der Waals surface area contributed by atoms with Gasteiger partial charge in [-0.25, -0.2) is 0 Å². The van der Waals surface area contributed by atoms with Crippen LogP contribution in [0.2, 0.25) is 0 Å². The first-order valence-electron chi connectivity index (χ1n) is 14.6. The van der Waals surface area contributed by atoms with Crippen molar-refractivity contribution in [2.45, 2.75) is 90.7 Å². The predicted octanol–water partition coefficient (Wildman–Crippen LogP) is 6.79. The van der Waals surface area contributed by atoms with Gasteiger partial charge in [-0.1, -0.05) is 50.1 Å². The molecule has 2 aromatic rings. The van der Waals surface area contributed by atoms with Crippen LogP contribution in [0.15, 0.2) is 41.5 Å². The summed E-state index contributed by atoms with van der Waals surface area (Å²) >= 11 is 0. The van der Waals surface area contributed by atoms with Crippen LogP contribution < -0.4 is 15.1 Å². The molecule has 1 spiro atoms. The monoisotopic (exact) mass is 503 g/mol. The molecule has 37 heavy (non-hydrogen) atoms. The lowest BCUT2D eigenvalue weighted by atomic mass is 9.77. The normalized spacial score (nSPS) is 20.6. The van der Waals surface area contributed by atoms with E-state index in [1.54, 1.807) is 0 Å². The molecule has 3 aliphatic rings. The number of pyridine rings is 1. The van der Waals surface area contributed by atoms with E-state index in [4.69, 9.17) is 9.72 Å². The van der Waals surface area contributed by atoms with Gasteiger partial charge >= 0.3 is 0 Å². The van der Waals surface area contributed by atoms with Crippen LogP contribution in [0.5, 0.6) is 5.88 Å². The van der Waals surface area contributed by atoms with Crippen LogP contribution in [-0.4, -0.2) is 48.4 Å². The van der Waals surface area contributed by atoms with Gasteiger partial charge in [0.2, 0.25) is 5.88 Å². The number of hydrogen-bond donors (Lipinski definition) is 1. The van der Waals surface area contributed by atoms with E-state index in [0.29, 0.717) is 5.41 Å². The maximum absolute atomic E-state index is 6.45. The molecule has 6 heteroatoms. The summed E-state index contributed by atoms with van der Waals surface area (Å²) in [6.07, 6.45) is 14.2. The average molecular weight is 504 g/mol. The highest BCUT2D eigenvalue weighted by atomic mass is 16.5. The Labute approximate surface area is 223 Å². The van der Waals surface area contributed by atoms with E-state index < -0.39 is 0 Å². The summed E-state index contributed by atoms with van der Waals surface area (Å²) in [6.45, 7) is 9.93. The average Bonchev–Trinajstić information content (AvgIpc) is 3.34. The second-order valence-corrected chi connectivity index (χ2v) is 11.5. The van der Waals surface area contributed by atoms with Crippen molar-refractivity contribution in [1.82, 2.24) is 9.88 Å². The molecule has 0 unspecified atom stereocenters. The molecule has 3 fully saturated rings. The summed E-state index contributed by atoms with van der Waals surface area (Å²) in [5.74, 6) is 1.82. The van der Waals surface area contributed by atoms with Crippen molar-refractivity contribution in [1.29, 1.82) is 0 Å². The number of hydrazone groups is 1. The molecule has 2 aliphatic heterocycles. The van der Waals surface area contributed by atoms with Gasteiger partial charge < -0.3 is 9.64 Å². The number of likely N-dealkylation sites (tertiary alicyclic amines) is 1. The Bertz CT molecular complexity index is 1030. The van der Waals surface area contributed by atoms with Gasteiger partial charge in [-0.3, -0.25) is 10.3 Å². The number of benzene rings is 1. The predicted molar refractivity (Wildman–Crippen MR) is 154 cm³/mol. The summed E-state index contributed by atoms with van der Waals surface area (Å²) in [5, 5.41) is 4.49. The van der Waals surface area contributed by atoms with Gasteiger partial charge in [0.05, 0.1) is 5.69 Å². The minimum Gasteiger partial charge on any atom is -0.474 e. The van der Waals surface area contributed by atoms with Crippen LogP contribution in [0.3, 0.4) is 0 Å². The molecule has 1 aromatic carbocycles. The standard InChI is InChI=1S/C31H45N5O/c1-3-4-18-32-34-28-22-29(37-27-13-9-6-10-14-27)33-30(25(28)2)36-21-17-31(24-36)15-19-35(20-16-31)23-26-11-7-5-8-12-26/h5,7-8,11-12,18,22,27H,3-4,6,9-10,13-17,19-21,23-24H2,1-2H3,(H,33,34)/b32-18+. The van der Waals surface area contributed by atoms with Crippen molar-refractivity contribution in [2.75, 3.05) is 36.5 Å². The van der Waals surface area contributed by atoms with E-state index in [1.165, 1.54) is 62.7 Å². The zero-order chi connectivity index (χ0) is 25.5. The summed E-state index contributed by atoms with van der Waals surface area (Å²) < 4.78 is 6.45. The van der Waals surface area contributed by atoms with E-state index in [2.05, 4.69) is 70.6 Å². The molecule has 1 aliphatic carbocycles. The molecular weight excluding hydrogens is 458 g/mol. The molecule has 1 N–H and O–H groups in total. The van der Waals surface area contributed by atoms with Crippen molar-refractivity contribution in [3.05, 3.63) is 47.5 Å². The molecule has 0 atom stereocenters. The Morgan fingerprint density at radius 1 is 1.08 bits per heavy atom. The number of hydrogen-bond acceptors (Lipinski definition) is 6. The number of aromatic nitrogens is 1. The number of rotatable bonds is 9. The zero-order valence-electron chi connectivity index (χ0n) is 22.9. The van der Waals surface area contributed by atoms with Crippen molar-refractivity contribution < 1.29 is 4.74 Å². The van der Waals surface area contributed by atoms with Gasteiger partial charge in [-0.2, -0.15) is 10.1 Å². The third-order valence-electron chi connectivity index (χ3n) is 8.66. The van der Waals surface area contributed by atoms with Gasteiger partial charge in [-0.05, 0) is 82.4 Å². The molecule has 0 radical (unpaired) electrons. The van der Waals surface area contributed by atoms with E-state index >= 15 is 0 Å². The summed E-state index contributed by atoms with van der Waals surface area (Å²) in [4.78, 5) is 10.3. The number of unbranched alkanes of at least 4 members (excludes halogenated alkanes) is 1. The van der Waals surface area contributed by atoms with E-state index in [9.17, 15) is 0 Å². The van der Waals surface area contributed by atoms with Crippen molar-refractivity contribution in [3.8, 4) is 5.88 Å². The second-order valence-electron chi connectivity index (χ2n) is 11.5. The van der Waals surface area contributed by atoms with E-state index in [1.807, 2.05) is 6.21 Å². The Morgan fingerprint density at radius 3 is 2.59 bits per heavy atom. The highest BCUT2D eigenvalue weighted by molar-refractivity contribution is 5.66. The Morgan fingerprint density at radius 2 is 1.84 bits per heavy atom. The first-order chi connectivity index (χ1) is 18.1. The van der Waals surface area contributed by atoms with Crippen molar-refractivity contribution in [3.63, 3.8) is 0 Å². The number of piperidine rings is 1. The molecule has 2 saturated heterocycles. The first kappa shape index (κ1) is 26.0. The van der Waals surface area contributed by atoms with Gasteiger partial charge in [0.15, 0.2) is 0 Å². The Balaban J connectivity index is 1.28. The fourth-order valence-electron chi connectivity index (χ4n) is 6.27. The second kappa shape index (κ2) is 12.3. The highest BCUT2D eigenvalue weighted by Crippen LogP contribution is 2.43. The molecule has 5 rings (SSSR count). The number of anilines is 2. The van der Waals surface area contributed by atoms with Crippen molar-refractivity contribution >= 4 is 17.7 Å². The lowest BCUT2D eigenvalue weighted by Gasteiger charge is -2.39. The quantitative estimate of drug-likeness (QED) is 0.301. The summed E-state index contributed by atoms with van der Waals surface area (Å²) in [5.41, 5.74) is 7.31. The van der Waals surface area contributed by atoms with Gasteiger partial charge in [0, 0.05) is 37.5 Å². The fraction of sp³-hybridized carbons (Fsp3) is 0.613. The first-order valence-corrected chi connectivity index (χ1v) is 14.6. The van der Waals surface area contributed by atoms with Crippen LogP contribution in [0, 0.1) is 12.3 Å². The third-order valence-corrected chi connectivity index (χ3v) is 8.66. The smallest absolute Gasteiger partial charge is 0.217 e. The number of nitrogens with zero attached hydrogens (tertiary/aromatic N) is 4. The van der Waals surface area contributed by atoms with Crippen LogP contribution in [-0.2, 0) is 6.54 Å². The molecule has 3 heterocycles. The number of ether oxygens (including phenoxy) is 1. The maximum Gasteiger partial charge on any atom is 0.217 e. The molecular formula is C31H45N5O. The minimum absolute atomic E-state index is 0.284. The lowest BCUT2D eigenvalue weighted by molar-refractivity contribution is 0.115. The maximum atomic E-state index is 6.45. The van der Waals surface area contributed by atoms with Crippen LogP contribution in [0.25, 0.3) is 0 Å². The van der Waals surface area contributed by atoms with Crippen LogP contribution in [0.4, 0.5) is 11.5 Å². The molecule has 6 nitrogen and oxygen atoms in total. The van der Waals surface area contributed by atoms with Gasteiger partial charge in [-0.15, -0.1) is 0 Å². The molecule has 1 aromatic heterocycles. The summed E-state index contributed by atoms with van der Waals surface area (Å²) in [7, 11) is 0. The highest BCUT2D eigenvalue weighted by Gasteiger charge is 2.41. The van der Waals surface area contributed by atoms with Gasteiger partial charge in [0.25, 0.3) is 0 Å². The summed E-state index contributed by atoms with van der Waals surface area (Å²) in [6, 6.07) is 13.0. The Kier molecular flexibility index (Phi) is 8.65. The van der Waals surface area contributed by atoms with E-state index in [0.717, 1.165) is 62.7 Å². The topological polar surface area (TPSA) is 53.0 Å². The molecule has 1 saturated carbocycles. The molecule has 0 amide bonds.